The molecule has 0 aliphatic heterocycles. The third-order valence-electron chi connectivity index (χ3n) is 2.28. The molecule has 1 N–H and O–H groups in total. The summed E-state index contributed by atoms with van der Waals surface area (Å²) >= 11 is 0. The topological polar surface area (TPSA) is 15.3 Å². The summed E-state index contributed by atoms with van der Waals surface area (Å²) in [4.78, 5) is 2.39. The van der Waals surface area contributed by atoms with Gasteiger partial charge in [0.2, 0.25) is 0 Å². The van der Waals surface area contributed by atoms with Crippen molar-refractivity contribution >= 4 is 0 Å². The van der Waals surface area contributed by atoms with E-state index in [4.69, 9.17) is 6.42 Å². The van der Waals surface area contributed by atoms with Gasteiger partial charge in [-0.05, 0) is 26.1 Å². The molecule has 0 spiro atoms. The van der Waals surface area contributed by atoms with Gasteiger partial charge in [0.1, 0.15) is 0 Å². The van der Waals surface area contributed by atoms with E-state index in [-0.39, 0.29) is 6.04 Å². The third kappa shape index (κ3) is 5.68. The maximum atomic E-state index is 5.40. The Labute approximate surface area is 82.7 Å². The standard InChI is InChI=1S/C11H22N2/c1-5-11(12-6-2)9-10-13(7-3)8-4/h1,11-12H,6-10H2,2-4H3. The minimum absolute atomic E-state index is 0.241. The van der Waals surface area contributed by atoms with E-state index in [2.05, 4.69) is 36.9 Å². The van der Waals surface area contributed by atoms with Gasteiger partial charge in [-0.1, -0.05) is 26.7 Å². The second-order valence-electron chi connectivity index (χ2n) is 3.09. The SMILES string of the molecule is C#CC(CCN(CC)CC)NCC. The lowest BCUT2D eigenvalue weighted by atomic mass is 10.2. The van der Waals surface area contributed by atoms with Crippen molar-refractivity contribution in [2.75, 3.05) is 26.2 Å². The van der Waals surface area contributed by atoms with Gasteiger partial charge >= 0.3 is 0 Å². The van der Waals surface area contributed by atoms with E-state index in [1.807, 2.05) is 0 Å². The minimum Gasteiger partial charge on any atom is -0.304 e. The highest BCUT2D eigenvalue weighted by Crippen LogP contribution is 1.95. The molecule has 0 bridgehead atoms. The second-order valence-corrected chi connectivity index (χ2v) is 3.09. The van der Waals surface area contributed by atoms with Crippen molar-refractivity contribution in [2.24, 2.45) is 0 Å². The van der Waals surface area contributed by atoms with Crippen LogP contribution >= 0.6 is 0 Å². The highest BCUT2D eigenvalue weighted by molar-refractivity contribution is 4.98. The molecule has 0 fully saturated rings. The fourth-order valence-corrected chi connectivity index (χ4v) is 1.34. The normalized spacial score (nSPS) is 12.8. The molecule has 13 heavy (non-hydrogen) atoms. The van der Waals surface area contributed by atoms with E-state index in [0.717, 1.165) is 32.6 Å². The van der Waals surface area contributed by atoms with Gasteiger partial charge in [0.25, 0.3) is 0 Å². The molecular formula is C11H22N2. The average Bonchev–Trinajstić information content (AvgIpc) is 2.17. The largest absolute Gasteiger partial charge is 0.304 e. The number of nitrogens with zero attached hydrogens (tertiary/aromatic N) is 1. The Morgan fingerprint density at radius 2 is 1.92 bits per heavy atom. The van der Waals surface area contributed by atoms with Crippen molar-refractivity contribution < 1.29 is 0 Å². The zero-order valence-corrected chi connectivity index (χ0v) is 9.14. The van der Waals surface area contributed by atoms with E-state index >= 15 is 0 Å². The van der Waals surface area contributed by atoms with Crippen LogP contribution in [0.1, 0.15) is 27.2 Å². The van der Waals surface area contributed by atoms with Crippen molar-refractivity contribution in [3.63, 3.8) is 0 Å². The number of hydrogen-bond acceptors (Lipinski definition) is 2. The molecule has 0 saturated carbocycles. The first-order chi connectivity index (χ1) is 6.28. The van der Waals surface area contributed by atoms with Gasteiger partial charge in [0.05, 0.1) is 6.04 Å². The first-order valence-corrected chi connectivity index (χ1v) is 5.20. The Hall–Kier alpha value is -0.520. The maximum Gasteiger partial charge on any atom is 0.0699 e. The van der Waals surface area contributed by atoms with E-state index < -0.39 is 0 Å². The summed E-state index contributed by atoms with van der Waals surface area (Å²) in [5, 5.41) is 3.27. The van der Waals surface area contributed by atoms with Gasteiger partial charge in [-0.3, -0.25) is 0 Å². The lowest BCUT2D eigenvalue weighted by Gasteiger charge is -2.20. The highest BCUT2D eigenvalue weighted by atomic mass is 15.1. The Bertz CT molecular complexity index is 145. The summed E-state index contributed by atoms with van der Waals surface area (Å²) in [5.41, 5.74) is 0. The van der Waals surface area contributed by atoms with E-state index in [9.17, 15) is 0 Å². The van der Waals surface area contributed by atoms with Crippen LogP contribution in [0.4, 0.5) is 0 Å². The number of nitrogens with one attached hydrogen (secondary N) is 1. The average molecular weight is 182 g/mol. The number of terminal acetylenes is 1. The van der Waals surface area contributed by atoms with Crippen molar-refractivity contribution in [2.45, 2.75) is 33.2 Å². The molecule has 1 atom stereocenters. The monoisotopic (exact) mass is 182 g/mol. The molecule has 1 unspecified atom stereocenters. The van der Waals surface area contributed by atoms with E-state index in [1.165, 1.54) is 0 Å². The van der Waals surface area contributed by atoms with Crippen LogP contribution in [0.3, 0.4) is 0 Å². The Morgan fingerprint density at radius 3 is 2.31 bits per heavy atom. The molecule has 0 saturated heterocycles. The molecule has 0 aromatic carbocycles. The Balaban J connectivity index is 3.64. The first-order valence-electron chi connectivity index (χ1n) is 5.20. The molecule has 76 valence electrons. The first kappa shape index (κ1) is 12.5. The minimum atomic E-state index is 0.241. The van der Waals surface area contributed by atoms with Crippen LogP contribution in [-0.4, -0.2) is 37.1 Å². The lowest BCUT2D eigenvalue weighted by molar-refractivity contribution is 0.291. The van der Waals surface area contributed by atoms with Crippen molar-refractivity contribution in [1.82, 2.24) is 10.2 Å². The van der Waals surface area contributed by atoms with Gasteiger partial charge in [-0.25, -0.2) is 0 Å². The predicted molar refractivity (Wildman–Crippen MR) is 58.7 cm³/mol. The molecule has 0 aliphatic carbocycles. The fourth-order valence-electron chi connectivity index (χ4n) is 1.34. The van der Waals surface area contributed by atoms with Crippen LogP contribution in [0.25, 0.3) is 0 Å². The van der Waals surface area contributed by atoms with Crippen molar-refractivity contribution in [1.29, 1.82) is 0 Å². The predicted octanol–water partition coefficient (Wildman–Crippen LogP) is 1.33. The summed E-state index contributed by atoms with van der Waals surface area (Å²) in [5.74, 6) is 2.77. The molecule has 0 heterocycles. The molecule has 2 nitrogen and oxygen atoms in total. The summed E-state index contributed by atoms with van der Waals surface area (Å²) in [6, 6.07) is 0.241. The van der Waals surface area contributed by atoms with Crippen LogP contribution in [0.15, 0.2) is 0 Å². The van der Waals surface area contributed by atoms with Crippen LogP contribution in [0.2, 0.25) is 0 Å². The van der Waals surface area contributed by atoms with E-state index in [0.29, 0.717) is 0 Å². The van der Waals surface area contributed by atoms with Crippen LogP contribution in [0.5, 0.6) is 0 Å². The molecule has 0 aromatic rings. The summed E-state index contributed by atoms with van der Waals surface area (Å²) in [7, 11) is 0. The van der Waals surface area contributed by atoms with Gasteiger partial charge in [-0.15, -0.1) is 6.42 Å². The quantitative estimate of drug-likeness (QED) is 0.598. The maximum absolute atomic E-state index is 5.40. The van der Waals surface area contributed by atoms with Crippen LogP contribution < -0.4 is 5.32 Å². The molecule has 0 amide bonds. The van der Waals surface area contributed by atoms with Gasteiger partial charge in [-0.2, -0.15) is 0 Å². The third-order valence-corrected chi connectivity index (χ3v) is 2.28. The van der Waals surface area contributed by atoms with Crippen LogP contribution in [-0.2, 0) is 0 Å². The second kappa shape index (κ2) is 8.10. The van der Waals surface area contributed by atoms with Gasteiger partial charge in [0.15, 0.2) is 0 Å². The summed E-state index contributed by atoms with van der Waals surface area (Å²) < 4.78 is 0. The van der Waals surface area contributed by atoms with Gasteiger partial charge < -0.3 is 10.2 Å². The molecule has 0 aromatic heterocycles. The molecule has 0 aliphatic rings. The van der Waals surface area contributed by atoms with E-state index in [1.54, 1.807) is 0 Å². The highest BCUT2D eigenvalue weighted by Gasteiger charge is 2.05. The number of rotatable bonds is 7. The number of hydrogen-bond donors (Lipinski definition) is 1. The fraction of sp³-hybridized carbons (Fsp3) is 0.818. The zero-order chi connectivity index (χ0) is 10.1. The molecule has 2 heteroatoms. The molecule has 0 radical (unpaired) electrons. The summed E-state index contributed by atoms with van der Waals surface area (Å²) in [6.45, 7) is 10.7. The van der Waals surface area contributed by atoms with Gasteiger partial charge in [0, 0.05) is 6.54 Å². The Kier molecular flexibility index (Phi) is 7.77. The smallest absolute Gasteiger partial charge is 0.0699 e. The summed E-state index contributed by atoms with van der Waals surface area (Å²) in [6.07, 6.45) is 6.44. The Morgan fingerprint density at radius 1 is 1.31 bits per heavy atom. The van der Waals surface area contributed by atoms with Crippen molar-refractivity contribution in [3.8, 4) is 12.3 Å². The lowest BCUT2D eigenvalue weighted by Crippen LogP contribution is -2.33. The van der Waals surface area contributed by atoms with Crippen molar-refractivity contribution in [3.05, 3.63) is 0 Å². The zero-order valence-electron chi connectivity index (χ0n) is 9.14. The molecule has 0 rings (SSSR count). The van der Waals surface area contributed by atoms with Crippen LogP contribution in [0, 0.1) is 12.3 Å². The molecular weight excluding hydrogens is 160 g/mol.